The number of oxazole rings is 1. The first-order valence-electron chi connectivity index (χ1n) is 10.6. The van der Waals surface area contributed by atoms with Gasteiger partial charge in [-0.25, -0.2) is 4.98 Å². The molecule has 1 fully saturated rings. The molecule has 7 nitrogen and oxygen atoms in total. The Kier molecular flexibility index (Phi) is 6.07. The number of aromatic nitrogens is 2. The van der Waals surface area contributed by atoms with E-state index in [0.717, 1.165) is 11.1 Å². The lowest BCUT2D eigenvalue weighted by Gasteiger charge is -2.30. The topological polar surface area (TPSA) is 80.5 Å². The number of amides is 1. The maximum atomic E-state index is 13.0. The van der Waals surface area contributed by atoms with E-state index in [2.05, 4.69) is 20.2 Å². The van der Waals surface area contributed by atoms with E-state index in [4.69, 9.17) is 32.4 Å². The van der Waals surface area contributed by atoms with E-state index in [1.54, 1.807) is 18.2 Å². The molecule has 1 amide bonds. The molecule has 0 bridgehead atoms. The molecule has 1 N–H and O–H groups in total. The van der Waals surface area contributed by atoms with Crippen molar-refractivity contribution < 1.29 is 13.9 Å². The zero-order valence-electron chi connectivity index (χ0n) is 17.5. The molecule has 2 aromatic heterocycles. The second-order valence-electron chi connectivity index (χ2n) is 7.75. The Morgan fingerprint density at radius 2 is 1.85 bits per heavy atom. The summed E-state index contributed by atoms with van der Waals surface area (Å²) in [5, 5.41) is 3.69. The second-order valence-corrected chi connectivity index (χ2v) is 8.60. The molecule has 0 radical (unpaired) electrons. The van der Waals surface area contributed by atoms with E-state index < -0.39 is 0 Å². The van der Waals surface area contributed by atoms with Crippen molar-refractivity contribution in [3.8, 4) is 11.6 Å². The highest BCUT2D eigenvalue weighted by atomic mass is 35.5. The minimum absolute atomic E-state index is 0.0570. The van der Waals surface area contributed by atoms with E-state index in [1.165, 1.54) is 6.20 Å². The van der Waals surface area contributed by atoms with Crippen LogP contribution in [0.25, 0.3) is 11.1 Å². The molecule has 9 heteroatoms. The van der Waals surface area contributed by atoms with Crippen LogP contribution in [-0.4, -0.2) is 29.0 Å². The number of halogens is 2. The van der Waals surface area contributed by atoms with Crippen LogP contribution < -0.4 is 15.0 Å². The van der Waals surface area contributed by atoms with Crippen LogP contribution in [0.1, 0.15) is 12.8 Å². The minimum atomic E-state index is -0.129. The number of hydrogen-bond acceptors (Lipinski definition) is 6. The van der Waals surface area contributed by atoms with Gasteiger partial charge in [0.25, 0.3) is 6.01 Å². The summed E-state index contributed by atoms with van der Waals surface area (Å²) in [6, 6.07) is 17.0. The van der Waals surface area contributed by atoms with Crippen LogP contribution >= 0.6 is 23.2 Å². The van der Waals surface area contributed by atoms with Crippen LogP contribution in [0.4, 0.5) is 11.7 Å². The first kappa shape index (κ1) is 21.6. The fourth-order valence-corrected chi connectivity index (χ4v) is 4.22. The highest BCUT2D eigenvalue weighted by molar-refractivity contribution is 6.35. The number of carbonyl (C=O) groups is 1. The van der Waals surface area contributed by atoms with Crippen molar-refractivity contribution in [3.05, 3.63) is 70.8 Å². The van der Waals surface area contributed by atoms with Gasteiger partial charge in [-0.3, -0.25) is 4.79 Å². The fourth-order valence-electron chi connectivity index (χ4n) is 3.80. The molecule has 0 spiro atoms. The van der Waals surface area contributed by atoms with Crippen LogP contribution in [0, 0.1) is 5.92 Å². The molecular formula is C24H20Cl2N4O3. The Morgan fingerprint density at radius 3 is 2.64 bits per heavy atom. The number of hydrogen-bond donors (Lipinski definition) is 1. The van der Waals surface area contributed by atoms with Gasteiger partial charge < -0.3 is 19.4 Å². The molecule has 1 saturated heterocycles. The number of rotatable bonds is 5. The van der Waals surface area contributed by atoms with Crippen molar-refractivity contribution >= 4 is 51.9 Å². The van der Waals surface area contributed by atoms with E-state index in [0.29, 0.717) is 48.4 Å². The predicted molar refractivity (Wildman–Crippen MR) is 128 cm³/mol. The number of nitrogens with one attached hydrogen (secondary N) is 1. The Hall–Kier alpha value is -3.29. The average molecular weight is 483 g/mol. The third-order valence-corrected chi connectivity index (χ3v) is 6.02. The summed E-state index contributed by atoms with van der Waals surface area (Å²) in [5.41, 5.74) is 2.15. The summed E-state index contributed by atoms with van der Waals surface area (Å²) >= 11 is 12.1. The lowest BCUT2D eigenvalue weighted by atomic mass is 9.96. The maximum absolute atomic E-state index is 13.0. The molecule has 0 atom stereocenters. The second kappa shape index (κ2) is 9.29. The summed E-state index contributed by atoms with van der Waals surface area (Å²) < 4.78 is 11.7. The van der Waals surface area contributed by atoms with Crippen LogP contribution in [0.15, 0.2) is 65.2 Å². The number of benzene rings is 2. The molecule has 3 heterocycles. The summed E-state index contributed by atoms with van der Waals surface area (Å²) in [4.78, 5) is 23.7. The van der Waals surface area contributed by atoms with Crippen molar-refractivity contribution in [1.29, 1.82) is 0 Å². The molecule has 168 valence electrons. The molecular weight excluding hydrogens is 463 g/mol. The molecule has 0 saturated carbocycles. The number of piperidine rings is 1. The zero-order chi connectivity index (χ0) is 22.8. The summed E-state index contributed by atoms with van der Waals surface area (Å²) in [6.07, 6.45) is 2.84. The standard InChI is InChI=1S/C24H20Cl2N4O3/c25-16-13-17(26)23(27-14-16)32-20-7-3-1-5-18(20)28-22(31)15-9-11-30(12-10-15)24-29-19-6-2-4-8-21(19)33-24/h1-8,13-15H,9-12H2,(H,28,31). The number of para-hydroxylation sites is 4. The third kappa shape index (κ3) is 4.74. The van der Waals surface area contributed by atoms with Crippen LogP contribution in [0.5, 0.6) is 11.6 Å². The molecule has 0 unspecified atom stereocenters. The fraction of sp³-hybridized carbons (Fsp3) is 0.208. The van der Waals surface area contributed by atoms with Gasteiger partial charge in [0.15, 0.2) is 11.3 Å². The average Bonchev–Trinajstić information content (AvgIpc) is 3.26. The number of ether oxygens (including phenoxy) is 1. The molecule has 4 aromatic rings. The Labute approximate surface area is 200 Å². The van der Waals surface area contributed by atoms with Gasteiger partial charge in [0.2, 0.25) is 11.8 Å². The van der Waals surface area contributed by atoms with Gasteiger partial charge in [0, 0.05) is 25.2 Å². The Morgan fingerprint density at radius 1 is 1.09 bits per heavy atom. The molecule has 5 rings (SSSR count). The van der Waals surface area contributed by atoms with Crippen molar-refractivity contribution in [3.63, 3.8) is 0 Å². The molecule has 33 heavy (non-hydrogen) atoms. The van der Waals surface area contributed by atoms with E-state index in [9.17, 15) is 4.79 Å². The maximum Gasteiger partial charge on any atom is 0.298 e. The molecule has 2 aromatic carbocycles. The van der Waals surface area contributed by atoms with Crippen LogP contribution in [-0.2, 0) is 4.79 Å². The molecule has 0 aliphatic carbocycles. The molecule has 1 aliphatic heterocycles. The van der Waals surface area contributed by atoms with Gasteiger partial charge in [-0.15, -0.1) is 0 Å². The van der Waals surface area contributed by atoms with E-state index in [1.807, 2.05) is 36.4 Å². The number of pyridine rings is 1. The quantitative estimate of drug-likeness (QED) is 0.365. The summed E-state index contributed by atoms with van der Waals surface area (Å²) in [6.45, 7) is 1.38. The predicted octanol–water partition coefficient (Wildman–Crippen LogP) is 6.18. The number of anilines is 2. The smallest absolute Gasteiger partial charge is 0.298 e. The highest BCUT2D eigenvalue weighted by Gasteiger charge is 2.28. The first-order valence-corrected chi connectivity index (χ1v) is 11.3. The summed E-state index contributed by atoms with van der Waals surface area (Å²) in [5.74, 6) is 0.482. The van der Waals surface area contributed by atoms with Crippen LogP contribution in [0.3, 0.4) is 0 Å². The zero-order valence-corrected chi connectivity index (χ0v) is 19.0. The van der Waals surface area contributed by atoms with Gasteiger partial charge in [0.1, 0.15) is 10.5 Å². The lowest BCUT2D eigenvalue weighted by Crippen LogP contribution is -2.38. The monoisotopic (exact) mass is 482 g/mol. The van der Waals surface area contributed by atoms with Gasteiger partial charge in [0.05, 0.1) is 10.7 Å². The van der Waals surface area contributed by atoms with E-state index >= 15 is 0 Å². The Balaban J connectivity index is 1.23. The highest BCUT2D eigenvalue weighted by Crippen LogP contribution is 2.34. The van der Waals surface area contributed by atoms with Crippen molar-refractivity contribution in [2.75, 3.05) is 23.3 Å². The van der Waals surface area contributed by atoms with Crippen molar-refractivity contribution in [2.45, 2.75) is 12.8 Å². The van der Waals surface area contributed by atoms with Gasteiger partial charge in [-0.05, 0) is 43.2 Å². The Bertz CT molecular complexity index is 1270. The minimum Gasteiger partial charge on any atom is -0.435 e. The van der Waals surface area contributed by atoms with E-state index in [-0.39, 0.29) is 22.7 Å². The van der Waals surface area contributed by atoms with Crippen molar-refractivity contribution in [2.24, 2.45) is 5.92 Å². The van der Waals surface area contributed by atoms with Gasteiger partial charge in [-0.1, -0.05) is 47.5 Å². The normalized spacial score (nSPS) is 14.4. The third-order valence-electron chi connectivity index (χ3n) is 5.54. The van der Waals surface area contributed by atoms with Crippen LogP contribution in [0.2, 0.25) is 10.0 Å². The largest absolute Gasteiger partial charge is 0.435 e. The summed E-state index contributed by atoms with van der Waals surface area (Å²) in [7, 11) is 0. The molecule has 1 aliphatic rings. The number of fused-ring (bicyclic) bond motifs is 1. The van der Waals surface area contributed by atoms with Gasteiger partial charge in [-0.2, -0.15) is 4.98 Å². The van der Waals surface area contributed by atoms with Gasteiger partial charge >= 0.3 is 0 Å². The number of nitrogens with zero attached hydrogens (tertiary/aromatic N) is 3. The lowest BCUT2D eigenvalue weighted by molar-refractivity contribution is -0.120. The number of carbonyl (C=O) groups excluding carboxylic acids is 1. The first-order chi connectivity index (χ1) is 16.1. The van der Waals surface area contributed by atoms with Crippen molar-refractivity contribution in [1.82, 2.24) is 9.97 Å². The SMILES string of the molecule is O=C(Nc1ccccc1Oc1ncc(Cl)cc1Cl)C1CCN(c2nc3ccccc3o2)CC1.